The number of nitrogens with two attached hydrogens (primary N) is 2. The second-order valence-electron chi connectivity index (χ2n) is 6.38. The number of allylic oxidation sites excluding steroid dienone is 4. The van der Waals surface area contributed by atoms with Crippen molar-refractivity contribution in [3.8, 4) is 0 Å². The first-order valence-corrected chi connectivity index (χ1v) is 8.71. The highest BCUT2D eigenvalue weighted by molar-refractivity contribution is 5.24. The number of rotatable bonds is 7. The van der Waals surface area contributed by atoms with E-state index >= 15 is 0 Å². The van der Waals surface area contributed by atoms with Crippen molar-refractivity contribution in [1.29, 1.82) is 0 Å². The fraction of sp³-hybridized carbons (Fsp3) is 0.684. The maximum Gasteiger partial charge on any atom is 0.0415 e. The first-order valence-electron chi connectivity index (χ1n) is 8.71. The lowest BCUT2D eigenvalue weighted by molar-refractivity contribution is 0.219. The van der Waals surface area contributed by atoms with Gasteiger partial charge in [0.2, 0.25) is 0 Å². The van der Waals surface area contributed by atoms with Crippen molar-refractivity contribution < 1.29 is 0 Å². The van der Waals surface area contributed by atoms with E-state index in [0.717, 1.165) is 25.9 Å². The van der Waals surface area contributed by atoms with Crippen molar-refractivity contribution in [2.24, 2.45) is 17.4 Å². The maximum absolute atomic E-state index is 6.58. The van der Waals surface area contributed by atoms with Gasteiger partial charge in [-0.15, -0.1) is 0 Å². The van der Waals surface area contributed by atoms with Crippen LogP contribution in [0, 0.1) is 5.92 Å². The smallest absolute Gasteiger partial charge is 0.0415 e. The monoisotopic (exact) mass is 305 g/mol. The summed E-state index contributed by atoms with van der Waals surface area (Å²) in [5.41, 5.74) is 15.7. The van der Waals surface area contributed by atoms with E-state index in [0.29, 0.717) is 12.0 Å². The van der Waals surface area contributed by atoms with Crippen molar-refractivity contribution in [3.63, 3.8) is 0 Å². The van der Waals surface area contributed by atoms with E-state index in [2.05, 4.69) is 63.8 Å². The average molecular weight is 306 g/mol. The molecule has 4 atom stereocenters. The summed E-state index contributed by atoms with van der Waals surface area (Å²) in [7, 11) is 0. The summed E-state index contributed by atoms with van der Waals surface area (Å²) in [6.07, 6.45) is 11.0. The van der Waals surface area contributed by atoms with E-state index in [4.69, 9.17) is 11.5 Å². The molecule has 0 aromatic rings. The van der Waals surface area contributed by atoms with Crippen LogP contribution in [0.3, 0.4) is 0 Å². The Morgan fingerprint density at radius 2 is 2.00 bits per heavy atom. The third-order valence-electron chi connectivity index (χ3n) is 4.81. The van der Waals surface area contributed by atoms with Crippen LogP contribution in [0.25, 0.3) is 0 Å². The Morgan fingerprint density at radius 3 is 2.50 bits per heavy atom. The van der Waals surface area contributed by atoms with Gasteiger partial charge in [-0.25, -0.2) is 0 Å². The minimum absolute atomic E-state index is 0.0510. The van der Waals surface area contributed by atoms with Gasteiger partial charge in [-0.3, -0.25) is 4.90 Å². The lowest BCUT2D eigenvalue weighted by atomic mass is 9.86. The predicted octanol–water partition coefficient (Wildman–Crippen LogP) is 3.23. The summed E-state index contributed by atoms with van der Waals surface area (Å²) >= 11 is 0. The first kappa shape index (κ1) is 19.1. The molecule has 4 unspecified atom stereocenters. The van der Waals surface area contributed by atoms with E-state index < -0.39 is 0 Å². The van der Waals surface area contributed by atoms with Crippen LogP contribution in [0.15, 0.2) is 35.5 Å². The molecule has 126 valence electrons. The molecule has 4 N–H and O–H groups in total. The number of hydrogen-bond acceptors (Lipinski definition) is 3. The van der Waals surface area contributed by atoms with Gasteiger partial charge in [0.1, 0.15) is 0 Å². The Bertz CT molecular complexity index is 422. The van der Waals surface area contributed by atoms with Crippen molar-refractivity contribution in [3.05, 3.63) is 35.5 Å². The third-order valence-corrected chi connectivity index (χ3v) is 4.81. The molecule has 22 heavy (non-hydrogen) atoms. The van der Waals surface area contributed by atoms with Crippen LogP contribution < -0.4 is 11.5 Å². The average Bonchev–Trinajstić information content (AvgIpc) is 2.81. The van der Waals surface area contributed by atoms with Gasteiger partial charge in [-0.1, -0.05) is 49.3 Å². The van der Waals surface area contributed by atoms with E-state index in [1.54, 1.807) is 0 Å². The first-order chi connectivity index (χ1) is 10.5. The van der Waals surface area contributed by atoms with Crippen LogP contribution in [-0.4, -0.2) is 36.1 Å². The predicted molar refractivity (Wildman–Crippen MR) is 97.7 cm³/mol. The molecule has 1 fully saturated rings. The van der Waals surface area contributed by atoms with Gasteiger partial charge in [0.25, 0.3) is 0 Å². The topological polar surface area (TPSA) is 55.3 Å². The molecule has 0 bridgehead atoms. The molecular weight excluding hydrogens is 270 g/mol. The van der Waals surface area contributed by atoms with Crippen LogP contribution in [0.1, 0.15) is 47.5 Å². The molecule has 0 aliphatic carbocycles. The molecule has 1 aliphatic heterocycles. The lowest BCUT2D eigenvalue weighted by Crippen LogP contribution is -2.48. The molecule has 3 nitrogen and oxygen atoms in total. The third kappa shape index (κ3) is 4.55. The summed E-state index contributed by atoms with van der Waals surface area (Å²) < 4.78 is 0. The zero-order valence-corrected chi connectivity index (χ0v) is 15.0. The second-order valence-corrected chi connectivity index (χ2v) is 6.38. The largest absolute Gasteiger partial charge is 0.326 e. The van der Waals surface area contributed by atoms with E-state index in [1.165, 1.54) is 11.1 Å². The van der Waals surface area contributed by atoms with Gasteiger partial charge in [0, 0.05) is 30.6 Å². The Labute approximate surface area is 137 Å². The second kappa shape index (κ2) is 9.29. The fourth-order valence-corrected chi connectivity index (χ4v) is 3.44. The quantitative estimate of drug-likeness (QED) is 0.561. The molecule has 1 aliphatic rings. The molecule has 0 saturated carbocycles. The minimum Gasteiger partial charge on any atom is -0.326 e. The summed E-state index contributed by atoms with van der Waals surface area (Å²) in [5.74, 6) is 0.322. The van der Waals surface area contributed by atoms with Crippen molar-refractivity contribution >= 4 is 0 Å². The number of hydrogen-bond donors (Lipinski definition) is 2. The normalized spacial score (nSPS) is 29.5. The standard InChI is InChI=1S/C19H35N3/c1-6-10-15(9-4)12-16-17(20)13-22(11-7-2)19(16)18(21)14(5)8-3/h6,8,10,12,16-19H,7,9,11,13,20-21H2,1-5H3/b10-6+,14-8+,15-12+. The SMILES string of the molecule is C/C=C/C(=C/C1C(N)CN(CCC)C1C(N)/C(C)=C/C)CC. The van der Waals surface area contributed by atoms with Gasteiger partial charge >= 0.3 is 0 Å². The molecule has 0 aromatic carbocycles. The van der Waals surface area contributed by atoms with Gasteiger partial charge in [-0.2, -0.15) is 0 Å². The van der Waals surface area contributed by atoms with Crippen LogP contribution in [0.2, 0.25) is 0 Å². The number of likely N-dealkylation sites (tertiary alicyclic amines) is 1. The zero-order chi connectivity index (χ0) is 16.7. The van der Waals surface area contributed by atoms with Gasteiger partial charge < -0.3 is 11.5 Å². The van der Waals surface area contributed by atoms with Crippen molar-refractivity contribution in [2.75, 3.05) is 13.1 Å². The molecule has 0 amide bonds. The molecule has 3 heteroatoms. The van der Waals surface area contributed by atoms with E-state index in [9.17, 15) is 0 Å². The number of nitrogens with zero attached hydrogens (tertiary/aromatic N) is 1. The van der Waals surface area contributed by atoms with E-state index in [-0.39, 0.29) is 12.1 Å². The minimum atomic E-state index is 0.0510. The molecule has 1 saturated heterocycles. The summed E-state index contributed by atoms with van der Waals surface area (Å²) in [4.78, 5) is 2.49. The molecule has 1 rings (SSSR count). The Hall–Kier alpha value is -0.900. The maximum atomic E-state index is 6.58. The summed E-state index contributed by atoms with van der Waals surface area (Å²) in [6.45, 7) is 12.7. The zero-order valence-electron chi connectivity index (χ0n) is 15.0. The molecule has 0 aromatic heterocycles. The molecular formula is C19H35N3. The van der Waals surface area contributed by atoms with Gasteiger partial charge in [0.15, 0.2) is 0 Å². The van der Waals surface area contributed by atoms with Crippen LogP contribution in [0.5, 0.6) is 0 Å². The Balaban J connectivity index is 3.14. The van der Waals surface area contributed by atoms with Crippen LogP contribution >= 0.6 is 0 Å². The summed E-state index contributed by atoms with van der Waals surface area (Å²) in [6, 6.07) is 0.520. The van der Waals surface area contributed by atoms with Crippen molar-refractivity contribution in [1.82, 2.24) is 4.90 Å². The molecule has 0 spiro atoms. The fourth-order valence-electron chi connectivity index (χ4n) is 3.44. The van der Waals surface area contributed by atoms with Gasteiger partial charge in [0.05, 0.1) is 0 Å². The Kier molecular flexibility index (Phi) is 8.08. The van der Waals surface area contributed by atoms with E-state index in [1.807, 2.05) is 0 Å². The molecule has 1 heterocycles. The van der Waals surface area contributed by atoms with Crippen LogP contribution in [0.4, 0.5) is 0 Å². The summed E-state index contributed by atoms with van der Waals surface area (Å²) in [5, 5.41) is 0. The molecule has 0 radical (unpaired) electrons. The van der Waals surface area contributed by atoms with Crippen LogP contribution in [-0.2, 0) is 0 Å². The lowest BCUT2D eigenvalue weighted by Gasteiger charge is -2.33. The van der Waals surface area contributed by atoms with Gasteiger partial charge in [-0.05, 0) is 40.2 Å². The Morgan fingerprint density at radius 1 is 1.32 bits per heavy atom. The van der Waals surface area contributed by atoms with Crippen molar-refractivity contribution in [2.45, 2.75) is 65.6 Å². The highest BCUT2D eigenvalue weighted by Gasteiger charge is 2.41. The highest BCUT2D eigenvalue weighted by Crippen LogP contribution is 2.30. The highest BCUT2D eigenvalue weighted by atomic mass is 15.2.